The van der Waals surface area contributed by atoms with Gasteiger partial charge in [0.15, 0.2) is 0 Å². The number of nitrogens with one attached hydrogen (secondary N) is 1. The number of carbonyl (C=O) groups excluding carboxylic acids is 1. The molecule has 1 amide bonds. The smallest absolute Gasteiger partial charge is 0.257 e. The quantitative estimate of drug-likeness (QED) is 0.614. The molecule has 0 atom stereocenters. The lowest BCUT2D eigenvalue weighted by Crippen LogP contribution is -2.14. The van der Waals surface area contributed by atoms with Crippen LogP contribution in [0.4, 0.5) is 5.69 Å². The third-order valence-corrected chi connectivity index (χ3v) is 4.33. The Morgan fingerprint density at radius 3 is 2.41 bits per heavy atom. The van der Waals surface area contributed by atoms with Gasteiger partial charge in [-0.2, -0.15) is 0 Å². The fourth-order valence-corrected chi connectivity index (χ4v) is 2.85. The summed E-state index contributed by atoms with van der Waals surface area (Å²) in [5.41, 5.74) is 4.15. The molecule has 0 aliphatic carbocycles. The number of para-hydroxylation sites is 1. The van der Waals surface area contributed by atoms with Crippen molar-refractivity contribution < 1.29 is 9.53 Å². The van der Waals surface area contributed by atoms with Gasteiger partial charge in [-0.25, -0.2) is 0 Å². The van der Waals surface area contributed by atoms with E-state index in [9.17, 15) is 4.79 Å². The van der Waals surface area contributed by atoms with Crippen LogP contribution in [-0.2, 0) is 6.42 Å². The van der Waals surface area contributed by atoms with Crippen LogP contribution in [0.25, 0.3) is 0 Å². The van der Waals surface area contributed by atoms with Crippen LogP contribution in [0.3, 0.4) is 0 Å². The molecule has 138 valence electrons. The Morgan fingerprint density at radius 2 is 1.74 bits per heavy atom. The summed E-state index contributed by atoms with van der Waals surface area (Å²) in [6, 6.07) is 19.0. The first-order valence-corrected chi connectivity index (χ1v) is 9.18. The first-order chi connectivity index (χ1) is 13.1. The highest BCUT2D eigenvalue weighted by Crippen LogP contribution is 2.26. The fourth-order valence-electron chi connectivity index (χ4n) is 2.85. The van der Waals surface area contributed by atoms with Gasteiger partial charge in [-0.15, -0.1) is 0 Å². The number of rotatable bonds is 6. The van der Waals surface area contributed by atoms with Crippen molar-refractivity contribution in [2.24, 2.45) is 0 Å². The number of pyridine rings is 1. The minimum Gasteiger partial charge on any atom is -0.457 e. The second-order valence-corrected chi connectivity index (χ2v) is 6.53. The summed E-state index contributed by atoms with van der Waals surface area (Å²) < 4.78 is 5.89. The first kappa shape index (κ1) is 18.6. The number of aromatic nitrogens is 1. The molecule has 1 aromatic heterocycles. The zero-order chi connectivity index (χ0) is 19.2. The third-order valence-electron chi connectivity index (χ3n) is 4.33. The molecule has 0 bridgehead atoms. The highest BCUT2D eigenvalue weighted by atomic mass is 16.5. The Bertz CT molecular complexity index is 933. The number of hydrogen-bond acceptors (Lipinski definition) is 3. The van der Waals surface area contributed by atoms with Gasteiger partial charge >= 0.3 is 0 Å². The molecule has 0 radical (unpaired) electrons. The van der Waals surface area contributed by atoms with E-state index in [0.717, 1.165) is 41.3 Å². The van der Waals surface area contributed by atoms with Gasteiger partial charge in [-0.3, -0.25) is 9.78 Å². The van der Waals surface area contributed by atoms with Crippen LogP contribution >= 0.6 is 0 Å². The predicted octanol–water partition coefficient (Wildman–Crippen LogP) is 5.70. The summed E-state index contributed by atoms with van der Waals surface area (Å²) in [5.74, 6) is 1.39. The number of aryl methyl sites for hydroxylation is 3. The average Bonchev–Trinajstić information content (AvgIpc) is 2.65. The maximum atomic E-state index is 12.5. The first-order valence-electron chi connectivity index (χ1n) is 9.18. The van der Waals surface area contributed by atoms with Gasteiger partial charge in [0.1, 0.15) is 11.5 Å². The van der Waals surface area contributed by atoms with Crippen molar-refractivity contribution in [2.45, 2.75) is 33.6 Å². The van der Waals surface area contributed by atoms with Crippen molar-refractivity contribution in [3.05, 3.63) is 83.2 Å². The fraction of sp³-hybridized carbons (Fsp3) is 0.217. The van der Waals surface area contributed by atoms with Gasteiger partial charge in [0.05, 0.1) is 11.3 Å². The van der Waals surface area contributed by atoms with Crippen LogP contribution < -0.4 is 10.1 Å². The van der Waals surface area contributed by atoms with E-state index in [2.05, 4.69) is 17.2 Å². The van der Waals surface area contributed by atoms with Crippen LogP contribution in [0, 0.1) is 13.8 Å². The number of nitrogens with zero attached hydrogens (tertiary/aromatic N) is 1. The standard InChI is InChI=1S/C23H24N2O2/c1-4-7-18-12-15-21(17(3)24-18)23(26)25-19-10-13-20(14-11-19)27-22-9-6-5-8-16(22)2/h5-6,8-15H,4,7H2,1-3H3,(H,25,26). The van der Waals surface area contributed by atoms with Gasteiger partial charge in [-0.1, -0.05) is 31.5 Å². The van der Waals surface area contributed by atoms with E-state index >= 15 is 0 Å². The highest BCUT2D eigenvalue weighted by molar-refractivity contribution is 6.05. The minimum absolute atomic E-state index is 0.157. The lowest BCUT2D eigenvalue weighted by molar-refractivity contribution is 0.102. The van der Waals surface area contributed by atoms with Crippen LogP contribution in [0.5, 0.6) is 11.5 Å². The SMILES string of the molecule is CCCc1ccc(C(=O)Nc2ccc(Oc3ccccc3C)cc2)c(C)n1. The molecule has 1 N–H and O–H groups in total. The molecule has 3 aromatic rings. The van der Waals surface area contributed by atoms with Gasteiger partial charge in [0.25, 0.3) is 5.91 Å². The molecule has 0 saturated heterocycles. The van der Waals surface area contributed by atoms with Gasteiger partial charge in [0, 0.05) is 11.4 Å². The molecule has 27 heavy (non-hydrogen) atoms. The monoisotopic (exact) mass is 360 g/mol. The molecule has 0 fully saturated rings. The predicted molar refractivity (Wildman–Crippen MR) is 109 cm³/mol. The van der Waals surface area contributed by atoms with Crippen molar-refractivity contribution in [3.8, 4) is 11.5 Å². The maximum Gasteiger partial charge on any atom is 0.257 e. The van der Waals surface area contributed by atoms with Crippen molar-refractivity contribution in [3.63, 3.8) is 0 Å². The lowest BCUT2D eigenvalue weighted by Gasteiger charge is -2.11. The molecule has 0 aliphatic rings. The van der Waals surface area contributed by atoms with Gasteiger partial charge in [0.2, 0.25) is 0 Å². The molecule has 0 spiro atoms. The van der Waals surface area contributed by atoms with Gasteiger partial charge in [-0.05, 0) is 68.3 Å². The molecular formula is C23H24N2O2. The van der Waals surface area contributed by atoms with E-state index in [0.29, 0.717) is 11.3 Å². The molecule has 1 heterocycles. The Balaban J connectivity index is 1.67. The van der Waals surface area contributed by atoms with Crippen LogP contribution in [0.15, 0.2) is 60.7 Å². The third kappa shape index (κ3) is 4.73. The van der Waals surface area contributed by atoms with Gasteiger partial charge < -0.3 is 10.1 Å². The highest BCUT2D eigenvalue weighted by Gasteiger charge is 2.11. The van der Waals surface area contributed by atoms with Crippen molar-refractivity contribution in [2.75, 3.05) is 5.32 Å². The summed E-state index contributed by atoms with van der Waals surface area (Å²) in [6.45, 7) is 5.99. The number of carbonyl (C=O) groups is 1. The minimum atomic E-state index is -0.157. The molecule has 0 saturated carbocycles. The second-order valence-electron chi connectivity index (χ2n) is 6.53. The molecule has 4 heteroatoms. The van der Waals surface area contributed by atoms with Crippen molar-refractivity contribution in [1.29, 1.82) is 0 Å². The van der Waals surface area contributed by atoms with Crippen LogP contribution in [-0.4, -0.2) is 10.9 Å². The Hall–Kier alpha value is -3.14. The van der Waals surface area contributed by atoms with E-state index in [1.807, 2.05) is 74.5 Å². The molecule has 0 aliphatic heterocycles. The molecule has 0 unspecified atom stereocenters. The number of hydrogen-bond donors (Lipinski definition) is 1. The van der Waals surface area contributed by atoms with Crippen molar-refractivity contribution >= 4 is 11.6 Å². The zero-order valence-corrected chi connectivity index (χ0v) is 16.0. The number of amides is 1. The average molecular weight is 360 g/mol. The van der Waals surface area contributed by atoms with Crippen LogP contribution in [0.2, 0.25) is 0 Å². The number of anilines is 1. The van der Waals surface area contributed by atoms with E-state index < -0.39 is 0 Å². The summed E-state index contributed by atoms with van der Waals surface area (Å²) in [5, 5.41) is 2.92. The summed E-state index contributed by atoms with van der Waals surface area (Å²) in [4.78, 5) is 17.1. The van der Waals surface area contributed by atoms with E-state index in [1.165, 1.54) is 0 Å². The number of ether oxygens (including phenoxy) is 1. The van der Waals surface area contributed by atoms with E-state index in [-0.39, 0.29) is 5.91 Å². The summed E-state index contributed by atoms with van der Waals surface area (Å²) >= 11 is 0. The largest absolute Gasteiger partial charge is 0.457 e. The maximum absolute atomic E-state index is 12.5. The van der Waals surface area contributed by atoms with Crippen LogP contribution in [0.1, 0.15) is 40.7 Å². The summed E-state index contributed by atoms with van der Waals surface area (Å²) in [6.07, 6.45) is 1.96. The Morgan fingerprint density at radius 1 is 1.00 bits per heavy atom. The topological polar surface area (TPSA) is 51.2 Å². The molecule has 4 nitrogen and oxygen atoms in total. The number of benzene rings is 2. The summed E-state index contributed by atoms with van der Waals surface area (Å²) in [7, 11) is 0. The lowest BCUT2D eigenvalue weighted by atomic mass is 10.1. The normalized spacial score (nSPS) is 10.5. The van der Waals surface area contributed by atoms with Crippen molar-refractivity contribution in [1.82, 2.24) is 4.98 Å². The Labute approximate surface area is 160 Å². The molecule has 3 rings (SSSR count). The Kier molecular flexibility index (Phi) is 5.87. The molecular weight excluding hydrogens is 336 g/mol. The second kappa shape index (κ2) is 8.49. The zero-order valence-electron chi connectivity index (χ0n) is 16.0. The molecule has 2 aromatic carbocycles. The van der Waals surface area contributed by atoms with E-state index in [4.69, 9.17) is 4.74 Å². The van der Waals surface area contributed by atoms with E-state index in [1.54, 1.807) is 0 Å².